The first kappa shape index (κ1) is 17.9. The number of hydrogen-bond acceptors (Lipinski definition) is 5. The molecule has 0 aliphatic heterocycles. The second-order valence-electron chi connectivity index (χ2n) is 5.45. The van der Waals surface area contributed by atoms with Crippen molar-refractivity contribution in [3.8, 4) is 5.75 Å². The molecule has 0 saturated carbocycles. The molecule has 3 aromatic rings. The molecule has 0 saturated heterocycles. The Kier molecular flexibility index (Phi) is 5.98. The summed E-state index contributed by atoms with van der Waals surface area (Å²) in [4.78, 5) is 23.5. The van der Waals surface area contributed by atoms with E-state index in [0.29, 0.717) is 11.4 Å². The molecule has 0 atom stereocenters. The van der Waals surface area contributed by atoms with Crippen LogP contribution in [0.1, 0.15) is 16.1 Å². The summed E-state index contributed by atoms with van der Waals surface area (Å²) in [5.41, 5.74) is 3.84. The van der Waals surface area contributed by atoms with Crippen molar-refractivity contribution in [2.45, 2.75) is 0 Å². The Hall–Kier alpha value is -3.87. The maximum absolute atomic E-state index is 11.9. The summed E-state index contributed by atoms with van der Waals surface area (Å²) in [7, 11) is 0. The van der Waals surface area contributed by atoms with Crippen LogP contribution >= 0.6 is 0 Å². The molecule has 7 heteroatoms. The van der Waals surface area contributed by atoms with Gasteiger partial charge in [-0.3, -0.25) is 9.59 Å². The maximum atomic E-state index is 11.9. The number of furan rings is 1. The molecule has 7 nitrogen and oxygen atoms in total. The molecule has 0 aliphatic rings. The molecule has 2 amide bonds. The van der Waals surface area contributed by atoms with Gasteiger partial charge in [0.2, 0.25) is 0 Å². The van der Waals surface area contributed by atoms with Crippen molar-refractivity contribution < 1.29 is 18.7 Å². The van der Waals surface area contributed by atoms with Crippen LogP contribution in [-0.4, -0.2) is 24.6 Å². The lowest BCUT2D eigenvalue weighted by Crippen LogP contribution is -2.20. The van der Waals surface area contributed by atoms with E-state index < -0.39 is 5.91 Å². The Bertz CT molecular complexity index is 904. The zero-order valence-corrected chi connectivity index (χ0v) is 14.3. The molecule has 0 spiro atoms. The first-order valence-electron chi connectivity index (χ1n) is 8.15. The quantitative estimate of drug-likeness (QED) is 0.498. The first-order valence-corrected chi connectivity index (χ1v) is 8.15. The second-order valence-corrected chi connectivity index (χ2v) is 5.45. The molecule has 0 fully saturated rings. The van der Waals surface area contributed by atoms with Gasteiger partial charge in [-0.15, -0.1) is 0 Å². The maximum Gasteiger partial charge on any atom is 0.307 e. The molecule has 3 rings (SSSR count). The molecule has 2 N–H and O–H groups in total. The van der Waals surface area contributed by atoms with E-state index in [9.17, 15) is 9.59 Å². The van der Waals surface area contributed by atoms with Gasteiger partial charge >= 0.3 is 5.91 Å². The summed E-state index contributed by atoms with van der Waals surface area (Å²) in [5.74, 6) is 0.0627. The van der Waals surface area contributed by atoms with Crippen LogP contribution in [0.15, 0.2) is 82.5 Å². The van der Waals surface area contributed by atoms with Gasteiger partial charge in [0, 0.05) is 5.69 Å². The minimum absolute atomic E-state index is 0.0957. The highest BCUT2D eigenvalue weighted by molar-refractivity contribution is 5.92. The van der Waals surface area contributed by atoms with Crippen LogP contribution in [0.4, 0.5) is 5.69 Å². The normalized spacial score (nSPS) is 10.5. The van der Waals surface area contributed by atoms with Crippen LogP contribution in [0.25, 0.3) is 0 Å². The molecule has 27 heavy (non-hydrogen) atoms. The molecular weight excluding hydrogens is 346 g/mol. The lowest BCUT2D eigenvalue weighted by Gasteiger charge is -2.07. The number of amides is 2. The van der Waals surface area contributed by atoms with Crippen molar-refractivity contribution in [1.29, 1.82) is 0 Å². The number of carbonyl (C=O) groups excluding carboxylic acids is 2. The van der Waals surface area contributed by atoms with Gasteiger partial charge in [0.25, 0.3) is 5.91 Å². The fraction of sp³-hybridized carbons (Fsp3) is 0.0500. The van der Waals surface area contributed by atoms with Crippen LogP contribution in [0.3, 0.4) is 0 Å². The van der Waals surface area contributed by atoms with Gasteiger partial charge in [0.05, 0.1) is 12.5 Å². The van der Waals surface area contributed by atoms with Crippen LogP contribution in [0.2, 0.25) is 0 Å². The van der Waals surface area contributed by atoms with E-state index in [1.165, 1.54) is 12.5 Å². The summed E-state index contributed by atoms with van der Waals surface area (Å²) in [5, 5.41) is 6.60. The summed E-state index contributed by atoms with van der Waals surface area (Å²) in [6.07, 6.45) is 2.91. The molecule has 0 unspecified atom stereocenters. The Morgan fingerprint density at radius 1 is 1.00 bits per heavy atom. The average molecular weight is 363 g/mol. The van der Waals surface area contributed by atoms with Crippen molar-refractivity contribution in [2.75, 3.05) is 11.9 Å². The van der Waals surface area contributed by atoms with Crippen LogP contribution in [-0.2, 0) is 4.79 Å². The lowest BCUT2D eigenvalue weighted by molar-refractivity contribution is -0.118. The third kappa shape index (κ3) is 5.57. The third-order valence-electron chi connectivity index (χ3n) is 3.43. The highest BCUT2D eigenvalue weighted by atomic mass is 16.5. The monoisotopic (exact) mass is 363 g/mol. The minimum Gasteiger partial charge on any atom is -0.484 e. The Balaban J connectivity index is 1.45. The third-order valence-corrected chi connectivity index (χ3v) is 3.43. The van der Waals surface area contributed by atoms with E-state index >= 15 is 0 Å². The summed E-state index contributed by atoms with van der Waals surface area (Å²) < 4.78 is 10.4. The predicted molar refractivity (Wildman–Crippen MR) is 101 cm³/mol. The predicted octanol–water partition coefficient (Wildman–Crippen LogP) is 3.06. The van der Waals surface area contributed by atoms with Crippen LogP contribution in [0.5, 0.6) is 5.75 Å². The van der Waals surface area contributed by atoms with Crippen molar-refractivity contribution in [3.05, 3.63) is 84.3 Å². The lowest BCUT2D eigenvalue weighted by atomic mass is 10.2. The first-order chi connectivity index (χ1) is 13.2. The van der Waals surface area contributed by atoms with E-state index in [1.54, 1.807) is 48.5 Å². The van der Waals surface area contributed by atoms with Gasteiger partial charge < -0.3 is 14.5 Å². The highest BCUT2D eigenvalue weighted by Gasteiger charge is 2.06. The minimum atomic E-state index is -0.430. The number of ether oxygens (including phenoxy) is 1. The van der Waals surface area contributed by atoms with Gasteiger partial charge in [-0.1, -0.05) is 18.2 Å². The van der Waals surface area contributed by atoms with Gasteiger partial charge in [0.1, 0.15) is 5.75 Å². The van der Waals surface area contributed by atoms with Crippen LogP contribution < -0.4 is 15.5 Å². The number of para-hydroxylation sites is 1. The van der Waals surface area contributed by atoms with E-state index in [0.717, 1.165) is 5.56 Å². The van der Waals surface area contributed by atoms with Crippen molar-refractivity contribution in [1.82, 2.24) is 5.43 Å². The number of rotatable bonds is 7. The Morgan fingerprint density at radius 3 is 2.48 bits per heavy atom. The molecule has 0 radical (unpaired) electrons. The molecule has 136 valence electrons. The number of benzene rings is 2. The molecular formula is C20H17N3O4. The number of hydrazone groups is 1. The number of nitrogens with zero attached hydrogens (tertiary/aromatic N) is 1. The van der Waals surface area contributed by atoms with Gasteiger partial charge in [-0.25, -0.2) is 5.43 Å². The molecule has 0 bridgehead atoms. The van der Waals surface area contributed by atoms with Crippen molar-refractivity contribution in [3.63, 3.8) is 0 Å². The zero-order valence-electron chi connectivity index (χ0n) is 14.3. The van der Waals surface area contributed by atoms with Crippen molar-refractivity contribution >= 4 is 23.7 Å². The fourth-order valence-electron chi connectivity index (χ4n) is 2.15. The summed E-state index contributed by atoms with van der Waals surface area (Å²) in [6.45, 7) is -0.0957. The van der Waals surface area contributed by atoms with Crippen molar-refractivity contribution in [2.24, 2.45) is 5.10 Å². The number of anilines is 1. The van der Waals surface area contributed by atoms with Crippen LogP contribution in [0, 0.1) is 0 Å². The highest BCUT2D eigenvalue weighted by Crippen LogP contribution is 2.11. The van der Waals surface area contributed by atoms with E-state index in [-0.39, 0.29) is 18.3 Å². The Labute approximate surface area is 155 Å². The number of carbonyl (C=O) groups is 2. The molecule has 0 aliphatic carbocycles. The van der Waals surface area contributed by atoms with Gasteiger partial charge in [-0.2, -0.15) is 5.10 Å². The topological polar surface area (TPSA) is 92.9 Å². The molecule has 2 aromatic carbocycles. The number of hydrogen-bond donors (Lipinski definition) is 2. The summed E-state index contributed by atoms with van der Waals surface area (Å²) in [6, 6.07) is 19.3. The molecule has 1 heterocycles. The fourth-order valence-corrected chi connectivity index (χ4v) is 2.15. The smallest absolute Gasteiger partial charge is 0.307 e. The standard InChI is InChI=1S/C20H17N3O4/c24-19(22-16-5-2-1-3-6-16)14-27-17-10-8-15(9-11-17)13-21-23-20(25)18-7-4-12-26-18/h1-13H,14H2,(H,22,24)(H,23,25)/b21-13+. The van der Waals surface area contributed by atoms with Gasteiger partial charge in [0.15, 0.2) is 12.4 Å². The summed E-state index contributed by atoms with van der Waals surface area (Å²) >= 11 is 0. The van der Waals surface area contributed by atoms with E-state index in [2.05, 4.69) is 15.8 Å². The zero-order chi connectivity index (χ0) is 18.9. The molecule has 1 aromatic heterocycles. The SMILES string of the molecule is O=C(COc1ccc(/C=N/NC(=O)c2ccco2)cc1)Nc1ccccc1. The van der Waals surface area contributed by atoms with E-state index in [4.69, 9.17) is 9.15 Å². The average Bonchev–Trinajstić information content (AvgIpc) is 3.23. The van der Waals surface area contributed by atoms with E-state index in [1.807, 2.05) is 18.2 Å². The van der Waals surface area contributed by atoms with Gasteiger partial charge in [-0.05, 0) is 54.1 Å². The Morgan fingerprint density at radius 2 is 1.78 bits per heavy atom. The number of nitrogens with one attached hydrogen (secondary N) is 2. The largest absolute Gasteiger partial charge is 0.484 e. The second kappa shape index (κ2) is 9.00.